The number of carboxylic acids is 1. The smallest absolute Gasteiger partial charge is 0.338 e. The third-order valence-electron chi connectivity index (χ3n) is 2.60. The van der Waals surface area contributed by atoms with Crippen molar-refractivity contribution in [2.24, 2.45) is 0 Å². The number of imidazole rings is 2. The molecule has 8 nitrogen and oxygen atoms in total. The number of hydrogen-bond acceptors (Lipinski definition) is 5. The van der Waals surface area contributed by atoms with Gasteiger partial charge in [0.05, 0.1) is 0 Å². The van der Waals surface area contributed by atoms with Gasteiger partial charge < -0.3 is 10.2 Å². The van der Waals surface area contributed by atoms with Crippen LogP contribution in [-0.4, -0.2) is 46.9 Å². The van der Waals surface area contributed by atoms with Gasteiger partial charge in [-0.3, -0.25) is 9.13 Å². The molecule has 2 aromatic rings. The van der Waals surface area contributed by atoms with E-state index in [0.29, 0.717) is 0 Å². The zero-order chi connectivity index (χ0) is 15.2. The van der Waals surface area contributed by atoms with Crippen molar-refractivity contribution in [2.75, 3.05) is 0 Å². The summed E-state index contributed by atoms with van der Waals surface area (Å²) in [4.78, 5) is 28.9. The number of hydrogen-bond donors (Lipinski definition) is 2. The van der Waals surface area contributed by atoms with Gasteiger partial charge in [-0.15, -0.1) is 0 Å². The molecule has 0 saturated heterocycles. The number of rotatable bonds is 2. The Hall–Kier alpha value is -2.48. The number of aliphatic hydroxyl groups is 1. The molecule has 8 heteroatoms. The second-order valence-electron chi connectivity index (χ2n) is 4.16. The van der Waals surface area contributed by atoms with Crippen molar-refractivity contribution in [3.05, 3.63) is 37.4 Å². The zero-order valence-electron chi connectivity index (χ0n) is 11.2. The molecule has 20 heavy (non-hydrogen) atoms. The molecule has 2 N–H and O–H groups in total. The van der Waals surface area contributed by atoms with E-state index in [-0.39, 0.29) is 12.5 Å². The van der Waals surface area contributed by atoms with E-state index in [1.165, 1.54) is 28.7 Å². The van der Waals surface area contributed by atoms with Gasteiger partial charge in [0.15, 0.2) is 5.60 Å². The summed E-state index contributed by atoms with van der Waals surface area (Å²) in [6.07, 6.45) is 9.40. The van der Waals surface area contributed by atoms with Crippen LogP contribution in [0.25, 0.3) is 0 Å². The summed E-state index contributed by atoms with van der Waals surface area (Å²) >= 11 is 0. The van der Waals surface area contributed by atoms with Crippen molar-refractivity contribution in [3.63, 3.8) is 0 Å². The van der Waals surface area contributed by atoms with E-state index < -0.39 is 11.6 Å². The van der Waals surface area contributed by atoms with Crippen molar-refractivity contribution in [1.82, 2.24) is 19.1 Å². The lowest BCUT2D eigenvalue weighted by Gasteiger charge is -2.13. The summed E-state index contributed by atoms with van der Waals surface area (Å²) in [5.41, 5.74) is -1.54. The molecule has 0 radical (unpaired) electrons. The zero-order valence-corrected chi connectivity index (χ0v) is 11.2. The number of carboxylic acid groups (broad SMARTS) is 1. The number of carbonyl (C=O) groups excluding carboxylic acids is 1. The minimum absolute atomic E-state index is 0.190. The first-order valence-electron chi connectivity index (χ1n) is 5.85. The molecule has 0 bridgehead atoms. The quantitative estimate of drug-likeness (QED) is 0.843. The molecule has 2 heterocycles. The molecule has 0 aliphatic heterocycles. The Morgan fingerprint density at radius 1 is 1.15 bits per heavy atom. The van der Waals surface area contributed by atoms with E-state index in [9.17, 15) is 9.59 Å². The summed E-state index contributed by atoms with van der Waals surface area (Å²) in [5, 5.41) is 17.0. The lowest BCUT2D eigenvalue weighted by Crippen LogP contribution is -2.33. The van der Waals surface area contributed by atoms with Gasteiger partial charge in [0.2, 0.25) is 0 Å². The molecule has 108 valence electrons. The third-order valence-corrected chi connectivity index (χ3v) is 2.60. The Balaban J connectivity index is 0.000000221. The van der Waals surface area contributed by atoms with Crippen LogP contribution in [0.5, 0.6) is 0 Å². The summed E-state index contributed by atoms with van der Waals surface area (Å²) in [6, 6.07) is -0.190. The fraction of sp³-hybridized carbons (Fsp3) is 0.333. The molecule has 1 unspecified atom stereocenters. The van der Waals surface area contributed by atoms with Gasteiger partial charge in [0.25, 0.3) is 0 Å². The average molecular weight is 280 g/mol. The van der Waals surface area contributed by atoms with E-state index in [1.54, 1.807) is 31.7 Å². The van der Waals surface area contributed by atoms with Crippen LogP contribution in [0, 0.1) is 0 Å². The predicted octanol–water partition coefficient (Wildman–Crippen LogP) is 0.828. The number of nitrogens with zero attached hydrogens (tertiary/aromatic N) is 4. The van der Waals surface area contributed by atoms with Gasteiger partial charge in [-0.05, 0) is 13.3 Å². The molecular formula is C12H16N4O4. The maximum Gasteiger partial charge on any atom is 0.338 e. The number of aromatic nitrogens is 4. The van der Waals surface area contributed by atoms with Crippen LogP contribution >= 0.6 is 0 Å². The van der Waals surface area contributed by atoms with E-state index >= 15 is 0 Å². The molecule has 0 spiro atoms. The number of aliphatic carboxylic acids is 1. The summed E-state index contributed by atoms with van der Waals surface area (Å²) in [7, 11) is 0. The normalized spacial score (nSPS) is 12.9. The van der Waals surface area contributed by atoms with Gasteiger partial charge in [0, 0.05) is 24.8 Å². The summed E-state index contributed by atoms with van der Waals surface area (Å²) < 4.78 is 2.75. The predicted molar refractivity (Wildman–Crippen MR) is 69.2 cm³/mol. The van der Waals surface area contributed by atoms with Crippen LogP contribution in [0.3, 0.4) is 0 Å². The van der Waals surface area contributed by atoms with Crippen LogP contribution in [-0.2, 0) is 4.79 Å². The molecule has 0 aliphatic carbocycles. The molecule has 0 fully saturated rings. The van der Waals surface area contributed by atoms with Gasteiger partial charge in [-0.1, -0.05) is 6.92 Å². The standard InChI is InChI=1S/C7H6N4O.C5H10O3/c12-7(10-3-1-8-5-10)11-4-2-9-6-11;1-3-5(2,8)4(6)7/h1-6H;8H,3H2,1-2H3,(H,6,7). The van der Waals surface area contributed by atoms with Crippen LogP contribution < -0.4 is 0 Å². The second-order valence-corrected chi connectivity index (χ2v) is 4.16. The minimum Gasteiger partial charge on any atom is -0.479 e. The Morgan fingerprint density at radius 2 is 1.60 bits per heavy atom. The summed E-state index contributed by atoms with van der Waals surface area (Å²) in [5.74, 6) is -1.17. The van der Waals surface area contributed by atoms with E-state index in [2.05, 4.69) is 9.97 Å². The molecule has 2 aromatic heterocycles. The SMILES string of the molecule is CCC(C)(O)C(=O)O.O=C(n1ccnc1)n1ccnc1. The number of carbonyl (C=O) groups is 2. The molecule has 0 amide bonds. The molecular weight excluding hydrogens is 264 g/mol. The van der Waals surface area contributed by atoms with Crippen LogP contribution in [0.4, 0.5) is 4.79 Å². The first kappa shape index (κ1) is 15.6. The highest BCUT2D eigenvalue weighted by atomic mass is 16.4. The minimum atomic E-state index is -1.54. The monoisotopic (exact) mass is 280 g/mol. The fourth-order valence-electron chi connectivity index (χ4n) is 1.03. The first-order chi connectivity index (χ1) is 9.38. The van der Waals surface area contributed by atoms with Crippen molar-refractivity contribution >= 4 is 12.0 Å². The van der Waals surface area contributed by atoms with Crippen LogP contribution in [0.2, 0.25) is 0 Å². The van der Waals surface area contributed by atoms with Crippen molar-refractivity contribution in [3.8, 4) is 0 Å². The Kier molecular flexibility index (Phi) is 5.15. The Morgan fingerprint density at radius 3 is 1.80 bits per heavy atom. The van der Waals surface area contributed by atoms with Gasteiger partial charge in [-0.2, -0.15) is 0 Å². The molecule has 0 saturated carbocycles. The highest BCUT2D eigenvalue weighted by Gasteiger charge is 2.26. The molecule has 2 rings (SSSR count). The lowest BCUT2D eigenvalue weighted by molar-refractivity contribution is -0.156. The van der Waals surface area contributed by atoms with Crippen LogP contribution in [0.1, 0.15) is 20.3 Å². The fourth-order valence-corrected chi connectivity index (χ4v) is 1.03. The third kappa shape index (κ3) is 4.02. The van der Waals surface area contributed by atoms with Crippen molar-refractivity contribution < 1.29 is 19.8 Å². The van der Waals surface area contributed by atoms with Gasteiger partial charge in [0.1, 0.15) is 12.7 Å². The Labute approximate surface area is 115 Å². The highest BCUT2D eigenvalue weighted by molar-refractivity contribution is 5.78. The van der Waals surface area contributed by atoms with Gasteiger partial charge in [-0.25, -0.2) is 19.6 Å². The lowest BCUT2D eigenvalue weighted by atomic mass is 10.1. The topological polar surface area (TPSA) is 110 Å². The van der Waals surface area contributed by atoms with Crippen molar-refractivity contribution in [2.45, 2.75) is 25.9 Å². The van der Waals surface area contributed by atoms with Crippen molar-refractivity contribution in [1.29, 1.82) is 0 Å². The molecule has 0 aromatic carbocycles. The van der Waals surface area contributed by atoms with E-state index in [0.717, 1.165) is 0 Å². The molecule has 1 atom stereocenters. The maximum atomic E-state index is 11.4. The molecule has 0 aliphatic rings. The Bertz CT molecular complexity index is 510. The van der Waals surface area contributed by atoms with Gasteiger partial charge >= 0.3 is 12.0 Å². The van der Waals surface area contributed by atoms with E-state index in [1.807, 2.05) is 0 Å². The first-order valence-corrected chi connectivity index (χ1v) is 5.85. The average Bonchev–Trinajstić information content (AvgIpc) is 3.11. The maximum absolute atomic E-state index is 11.4. The van der Waals surface area contributed by atoms with Crippen LogP contribution in [0.15, 0.2) is 37.4 Å². The largest absolute Gasteiger partial charge is 0.479 e. The highest BCUT2D eigenvalue weighted by Crippen LogP contribution is 2.06. The summed E-state index contributed by atoms with van der Waals surface area (Å²) in [6.45, 7) is 2.89. The van der Waals surface area contributed by atoms with E-state index in [4.69, 9.17) is 10.2 Å². The second kappa shape index (κ2) is 6.62.